The number of nitrogens with zero attached hydrogens (tertiary/aromatic N) is 1. The van der Waals surface area contributed by atoms with E-state index in [9.17, 15) is 4.79 Å². The quantitative estimate of drug-likeness (QED) is 0.815. The van der Waals surface area contributed by atoms with Gasteiger partial charge in [0.25, 0.3) is 5.91 Å². The zero-order valence-corrected chi connectivity index (χ0v) is 15.3. The molecule has 7 heteroatoms. The molecular formula is C17H18BrClN2O3. The monoisotopic (exact) mass is 412 g/mol. The number of amides is 1. The predicted molar refractivity (Wildman–Crippen MR) is 95.3 cm³/mol. The minimum absolute atomic E-state index is 0.00930. The maximum atomic E-state index is 12.3. The summed E-state index contributed by atoms with van der Waals surface area (Å²) in [5.74, 6) is 0.0350. The van der Waals surface area contributed by atoms with E-state index in [2.05, 4.69) is 26.1 Å². The highest BCUT2D eigenvalue weighted by Gasteiger charge is 2.25. The van der Waals surface area contributed by atoms with Crippen LogP contribution in [0.5, 0.6) is 0 Å². The molecule has 1 aliphatic heterocycles. The first kappa shape index (κ1) is 17.5. The van der Waals surface area contributed by atoms with Crippen molar-refractivity contribution in [2.24, 2.45) is 0 Å². The summed E-state index contributed by atoms with van der Waals surface area (Å²) in [6, 6.07) is 11.1. The molecule has 128 valence electrons. The van der Waals surface area contributed by atoms with Gasteiger partial charge in [0.1, 0.15) is 0 Å². The van der Waals surface area contributed by atoms with Gasteiger partial charge < -0.3 is 14.5 Å². The van der Waals surface area contributed by atoms with Crippen LogP contribution in [0.15, 0.2) is 45.5 Å². The lowest BCUT2D eigenvalue weighted by atomic mass is 10.0. The van der Waals surface area contributed by atoms with Crippen LogP contribution in [0.4, 0.5) is 0 Å². The van der Waals surface area contributed by atoms with Crippen molar-refractivity contribution in [1.82, 2.24) is 10.2 Å². The normalized spacial score (nSPS) is 16.8. The van der Waals surface area contributed by atoms with Crippen molar-refractivity contribution in [2.75, 3.05) is 32.8 Å². The average Bonchev–Trinajstić information content (AvgIpc) is 3.04. The van der Waals surface area contributed by atoms with Gasteiger partial charge >= 0.3 is 0 Å². The second-order valence-corrected chi connectivity index (χ2v) is 6.69. The summed E-state index contributed by atoms with van der Waals surface area (Å²) in [6.45, 7) is 3.41. The van der Waals surface area contributed by atoms with Gasteiger partial charge in [0.15, 0.2) is 10.4 Å². The molecule has 2 heterocycles. The molecule has 1 saturated heterocycles. The summed E-state index contributed by atoms with van der Waals surface area (Å²) in [5, 5.41) is 3.64. The van der Waals surface area contributed by atoms with Gasteiger partial charge in [-0.2, -0.15) is 0 Å². The van der Waals surface area contributed by atoms with Gasteiger partial charge in [-0.25, -0.2) is 0 Å². The van der Waals surface area contributed by atoms with E-state index in [0.29, 0.717) is 29.5 Å². The van der Waals surface area contributed by atoms with E-state index in [1.807, 2.05) is 24.3 Å². The number of nitrogens with one attached hydrogen (secondary N) is 1. The summed E-state index contributed by atoms with van der Waals surface area (Å²) < 4.78 is 11.3. The van der Waals surface area contributed by atoms with Gasteiger partial charge in [0.05, 0.1) is 19.3 Å². The summed E-state index contributed by atoms with van der Waals surface area (Å²) in [7, 11) is 0. The summed E-state index contributed by atoms with van der Waals surface area (Å²) in [6.07, 6.45) is 0. The van der Waals surface area contributed by atoms with Gasteiger partial charge in [-0.15, -0.1) is 0 Å². The summed E-state index contributed by atoms with van der Waals surface area (Å²) in [5.41, 5.74) is 1.00. The van der Waals surface area contributed by atoms with Crippen LogP contribution >= 0.6 is 27.5 Å². The number of carbonyl (C=O) groups excluding carboxylic acids is 1. The molecular weight excluding hydrogens is 396 g/mol. The van der Waals surface area contributed by atoms with E-state index in [1.54, 1.807) is 12.1 Å². The molecule has 0 spiro atoms. The Morgan fingerprint density at radius 1 is 1.25 bits per heavy atom. The van der Waals surface area contributed by atoms with E-state index >= 15 is 0 Å². The molecule has 0 bridgehead atoms. The number of hydrogen-bond donors (Lipinski definition) is 1. The summed E-state index contributed by atoms with van der Waals surface area (Å²) in [4.78, 5) is 14.5. The smallest absolute Gasteiger partial charge is 0.287 e. The molecule has 1 atom stereocenters. The lowest BCUT2D eigenvalue weighted by Gasteiger charge is -2.35. The second kappa shape index (κ2) is 8.16. The molecule has 2 aromatic rings. The van der Waals surface area contributed by atoms with Crippen molar-refractivity contribution in [3.63, 3.8) is 0 Å². The first-order valence-electron chi connectivity index (χ1n) is 7.75. The Bertz CT molecular complexity index is 701. The number of halogens is 2. The minimum Gasteiger partial charge on any atom is -0.444 e. The van der Waals surface area contributed by atoms with Crippen molar-refractivity contribution >= 4 is 33.4 Å². The number of benzene rings is 1. The van der Waals surface area contributed by atoms with Crippen molar-refractivity contribution < 1.29 is 13.9 Å². The number of morpholine rings is 1. The molecule has 1 aromatic heterocycles. The highest BCUT2D eigenvalue weighted by molar-refractivity contribution is 9.10. The van der Waals surface area contributed by atoms with E-state index < -0.39 is 0 Å². The van der Waals surface area contributed by atoms with Crippen LogP contribution in [0, 0.1) is 0 Å². The molecule has 0 radical (unpaired) electrons. The fourth-order valence-corrected chi connectivity index (χ4v) is 3.35. The molecule has 1 N–H and O–H groups in total. The third kappa shape index (κ3) is 4.19. The van der Waals surface area contributed by atoms with Crippen LogP contribution in [-0.2, 0) is 4.74 Å². The largest absolute Gasteiger partial charge is 0.444 e. The van der Waals surface area contributed by atoms with Crippen molar-refractivity contribution in [3.05, 3.63) is 57.4 Å². The standard InChI is InChI=1S/C17H18BrClN2O3/c18-16-6-5-15(24-16)17(22)20-11-14(21-7-9-23-10-8-21)12-3-1-2-4-13(12)19/h1-6,14H,7-11H2,(H,20,22). The number of furan rings is 1. The van der Waals surface area contributed by atoms with Crippen molar-refractivity contribution in [1.29, 1.82) is 0 Å². The van der Waals surface area contributed by atoms with Gasteiger partial charge in [0.2, 0.25) is 0 Å². The molecule has 0 aliphatic carbocycles. The highest BCUT2D eigenvalue weighted by atomic mass is 79.9. The Kier molecular flexibility index (Phi) is 5.94. The van der Waals surface area contributed by atoms with Gasteiger partial charge in [-0.3, -0.25) is 9.69 Å². The molecule has 1 fully saturated rings. The van der Waals surface area contributed by atoms with Crippen LogP contribution in [0.2, 0.25) is 5.02 Å². The second-order valence-electron chi connectivity index (χ2n) is 5.50. The van der Waals surface area contributed by atoms with Crippen molar-refractivity contribution in [3.8, 4) is 0 Å². The lowest BCUT2D eigenvalue weighted by Crippen LogP contribution is -2.43. The van der Waals surface area contributed by atoms with Crippen LogP contribution in [0.25, 0.3) is 0 Å². The maximum Gasteiger partial charge on any atom is 0.287 e. The Morgan fingerprint density at radius 3 is 2.67 bits per heavy atom. The molecule has 1 amide bonds. The van der Waals surface area contributed by atoms with Crippen LogP contribution in [-0.4, -0.2) is 43.7 Å². The molecule has 0 saturated carbocycles. The third-order valence-electron chi connectivity index (χ3n) is 4.00. The number of rotatable bonds is 5. The lowest BCUT2D eigenvalue weighted by molar-refractivity contribution is 0.0162. The van der Waals surface area contributed by atoms with Gasteiger partial charge in [0, 0.05) is 24.7 Å². The Balaban J connectivity index is 1.74. The predicted octanol–water partition coefficient (Wildman–Crippen LogP) is 3.50. The molecule has 3 rings (SSSR count). The molecule has 24 heavy (non-hydrogen) atoms. The van der Waals surface area contributed by atoms with E-state index in [1.165, 1.54) is 0 Å². The Morgan fingerprint density at radius 2 is 2.00 bits per heavy atom. The fourth-order valence-electron chi connectivity index (χ4n) is 2.78. The highest BCUT2D eigenvalue weighted by Crippen LogP contribution is 2.28. The van der Waals surface area contributed by atoms with Crippen LogP contribution < -0.4 is 5.32 Å². The van der Waals surface area contributed by atoms with E-state index in [4.69, 9.17) is 20.8 Å². The maximum absolute atomic E-state index is 12.3. The molecule has 1 aliphatic rings. The van der Waals surface area contributed by atoms with E-state index in [-0.39, 0.29) is 17.7 Å². The molecule has 5 nitrogen and oxygen atoms in total. The third-order valence-corrected chi connectivity index (χ3v) is 4.77. The summed E-state index contributed by atoms with van der Waals surface area (Å²) >= 11 is 9.58. The number of ether oxygens (including phenoxy) is 1. The zero-order chi connectivity index (χ0) is 16.9. The number of hydrogen-bond acceptors (Lipinski definition) is 4. The van der Waals surface area contributed by atoms with Crippen molar-refractivity contribution in [2.45, 2.75) is 6.04 Å². The molecule has 1 unspecified atom stereocenters. The van der Waals surface area contributed by atoms with Gasteiger partial charge in [-0.1, -0.05) is 29.8 Å². The first-order valence-corrected chi connectivity index (χ1v) is 8.92. The van der Waals surface area contributed by atoms with Gasteiger partial charge in [-0.05, 0) is 39.7 Å². The molecule has 1 aromatic carbocycles. The van der Waals surface area contributed by atoms with E-state index in [0.717, 1.165) is 18.7 Å². The van der Waals surface area contributed by atoms with Crippen LogP contribution in [0.1, 0.15) is 22.2 Å². The zero-order valence-electron chi connectivity index (χ0n) is 13.0. The topological polar surface area (TPSA) is 54.7 Å². The fraction of sp³-hybridized carbons (Fsp3) is 0.353. The minimum atomic E-state index is -0.244. The Labute approximate surface area is 154 Å². The average molecular weight is 414 g/mol. The van der Waals surface area contributed by atoms with Crippen LogP contribution in [0.3, 0.4) is 0 Å². The number of carbonyl (C=O) groups is 1. The SMILES string of the molecule is O=C(NCC(c1ccccc1Cl)N1CCOCC1)c1ccc(Br)o1. The Hall–Kier alpha value is -1.34. The first-order chi connectivity index (χ1) is 11.6.